The van der Waals surface area contributed by atoms with Crippen LogP contribution in [0.4, 0.5) is 0 Å². The highest BCUT2D eigenvalue weighted by Gasteiger charge is 2.14. The van der Waals surface area contributed by atoms with E-state index < -0.39 is 0 Å². The first-order valence-electron chi connectivity index (χ1n) is 7.72. The Morgan fingerprint density at radius 1 is 1.30 bits per heavy atom. The van der Waals surface area contributed by atoms with Gasteiger partial charge in [0.05, 0.1) is 12.7 Å². The molecule has 0 radical (unpaired) electrons. The number of hydrogen-bond donors (Lipinski definition) is 1. The van der Waals surface area contributed by atoms with Gasteiger partial charge < -0.3 is 14.8 Å². The summed E-state index contributed by atoms with van der Waals surface area (Å²) in [6, 6.07) is 6.65. The van der Waals surface area contributed by atoms with Gasteiger partial charge in [-0.3, -0.25) is 0 Å². The van der Waals surface area contributed by atoms with Crippen molar-refractivity contribution in [2.24, 2.45) is 0 Å². The molecule has 1 atom stereocenters. The molecule has 20 heavy (non-hydrogen) atoms. The second kappa shape index (κ2) is 8.40. The van der Waals surface area contributed by atoms with Gasteiger partial charge in [0.2, 0.25) is 0 Å². The van der Waals surface area contributed by atoms with Gasteiger partial charge in [-0.05, 0) is 56.3 Å². The second-order valence-electron chi connectivity index (χ2n) is 5.66. The van der Waals surface area contributed by atoms with E-state index in [4.69, 9.17) is 9.47 Å². The first kappa shape index (κ1) is 15.5. The molecule has 1 aromatic rings. The van der Waals surface area contributed by atoms with E-state index in [-0.39, 0.29) is 0 Å². The Morgan fingerprint density at radius 3 is 2.95 bits per heavy atom. The minimum absolute atomic E-state index is 0.346. The van der Waals surface area contributed by atoms with Crippen LogP contribution in [0.15, 0.2) is 18.2 Å². The SMILES string of the molecule is Cc1ccc(CNCCCOCC2CCCO2)cc1C. The van der Waals surface area contributed by atoms with Crippen molar-refractivity contribution in [3.05, 3.63) is 34.9 Å². The summed E-state index contributed by atoms with van der Waals surface area (Å²) in [5.41, 5.74) is 4.08. The third kappa shape index (κ3) is 5.23. The fourth-order valence-corrected chi connectivity index (χ4v) is 2.44. The van der Waals surface area contributed by atoms with Crippen LogP contribution in [0, 0.1) is 13.8 Å². The van der Waals surface area contributed by atoms with Crippen molar-refractivity contribution in [3.63, 3.8) is 0 Å². The highest BCUT2D eigenvalue weighted by molar-refractivity contribution is 5.29. The van der Waals surface area contributed by atoms with Gasteiger partial charge in [-0.25, -0.2) is 0 Å². The van der Waals surface area contributed by atoms with E-state index in [9.17, 15) is 0 Å². The summed E-state index contributed by atoms with van der Waals surface area (Å²) in [7, 11) is 0. The Morgan fingerprint density at radius 2 is 2.20 bits per heavy atom. The molecule has 3 heteroatoms. The number of aryl methyl sites for hydroxylation is 2. The zero-order valence-corrected chi connectivity index (χ0v) is 12.8. The van der Waals surface area contributed by atoms with Gasteiger partial charge in [0, 0.05) is 19.8 Å². The molecule has 2 rings (SSSR count). The van der Waals surface area contributed by atoms with Crippen LogP contribution in [0.2, 0.25) is 0 Å². The van der Waals surface area contributed by atoms with Crippen LogP contribution < -0.4 is 5.32 Å². The molecule has 1 N–H and O–H groups in total. The van der Waals surface area contributed by atoms with Crippen LogP contribution in [-0.2, 0) is 16.0 Å². The Hall–Kier alpha value is -0.900. The van der Waals surface area contributed by atoms with Gasteiger partial charge in [0.15, 0.2) is 0 Å². The summed E-state index contributed by atoms with van der Waals surface area (Å²) in [5, 5.41) is 3.47. The number of benzene rings is 1. The molecule has 0 saturated carbocycles. The fraction of sp³-hybridized carbons (Fsp3) is 0.647. The minimum Gasteiger partial charge on any atom is -0.379 e. The summed E-state index contributed by atoms with van der Waals surface area (Å²) in [6.07, 6.45) is 3.74. The van der Waals surface area contributed by atoms with Crippen molar-refractivity contribution in [1.82, 2.24) is 5.32 Å². The number of rotatable bonds is 8. The third-order valence-corrected chi connectivity index (χ3v) is 3.87. The highest BCUT2D eigenvalue weighted by atomic mass is 16.5. The predicted octanol–water partition coefficient (Wildman–Crippen LogP) is 2.98. The van der Waals surface area contributed by atoms with E-state index in [1.54, 1.807) is 0 Å². The molecular weight excluding hydrogens is 250 g/mol. The maximum atomic E-state index is 5.64. The lowest BCUT2D eigenvalue weighted by Crippen LogP contribution is -2.19. The molecule has 1 heterocycles. The molecule has 0 spiro atoms. The zero-order chi connectivity index (χ0) is 14.2. The van der Waals surface area contributed by atoms with Gasteiger partial charge in [-0.15, -0.1) is 0 Å². The zero-order valence-electron chi connectivity index (χ0n) is 12.8. The molecule has 1 aliphatic rings. The molecule has 0 bridgehead atoms. The lowest BCUT2D eigenvalue weighted by atomic mass is 10.1. The number of nitrogens with one attached hydrogen (secondary N) is 1. The van der Waals surface area contributed by atoms with Crippen molar-refractivity contribution < 1.29 is 9.47 Å². The number of ether oxygens (including phenoxy) is 2. The lowest BCUT2D eigenvalue weighted by molar-refractivity contribution is 0.0166. The fourth-order valence-electron chi connectivity index (χ4n) is 2.44. The summed E-state index contributed by atoms with van der Waals surface area (Å²) < 4.78 is 11.2. The standard InChI is InChI=1S/C17H27NO2/c1-14-6-7-16(11-15(14)2)12-18-8-4-9-19-13-17-5-3-10-20-17/h6-7,11,17-18H,3-5,8-10,12-13H2,1-2H3. The molecule has 112 valence electrons. The van der Waals surface area contributed by atoms with Gasteiger partial charge in [0.1, 0.15) is 0 Å². The van der Waals surface area contributed by atoms with Crippen LogP contribution >= 0.6 is 0 Å². The Balaban J connectivity index is 1.49. The Kier molecular flexibility index (Phi) is 6.51. The minimum atomic E-state index is 0.346. The normalized spacial score (nSPS) is 18.6. The van der Waals surface area contributed by atoms with Crippen molar-refractivity contribution in [2.45, 2.75) is 45.8 Å². The molecular formula is C17H27NO2. The highest BCUT2D eigenvalue weighted by Crippen LogP contribution is 2.12. The van der Waals surface area contributed by atoms with Gasteiger partial charge >= 0.3 is 0 Å². The number of hydrogen-bond acceptors (Lipinski definition) is 3. The van der Waals surface area contributed by atoms with Crippen LogP contribution in [0.25, 0.3) is 0 Å². The molecule has 1 unspecified atom stereocenters. The largest absolute Gasteiger partial charge is 0.379 e. The molecule has 1 saturated heterocycles. The average Bonchev–Trinajstić information content (AvgIpc) is 2.95. The van der Waals surface area contributed by atoms with Crippen molar-refractivity contribution >= 4 is 0 Å². The van der Waals surface area contributed by atoms with Crippen molar-refractivity contribution in [1.29, 1.82) is 0 Å². The maximum absolute atomic E-state index is 5.64. The van der Waals surface area contributed by atoms with E-state index in [1.807, 2.05) is 0 Å². The van der Waals surface area contributed by atoms with Crippen LogP contribution in [0.5, 0.6) is 0 Å². The first-order chi connectivity index (χ1) is 9.75. The quantitative estimate of drug-likeness (QED) is 0.741. The van der Waals surface area contributed by atoms with Crippen LogP contribution in [0.3, 0.4) is 0 Å². The first-order valence-corrected chi connectivity index (χ1v) is 7.72. The lowest BCUT2D eigenvalue weighted by Gasteiger charge is -2.10. The summed E-state index contributed by atoms with van der Waals surface area (Å²) in [6.45, 7) is 8.74. The summed E-state index contributed by atoms with van der Waals surface area (Å²) in [4.78, 5) is 0. The van der Waals surface area contributed by atoms with Crippen LogP contribution in [-0.4, -0.2) is 32.5 Å². The summed E-state index contributed by atoms with van der Waals surface area (Å²) >= 11 is 0. The molecule has 3 nitrogen and oxygen atoms in total. The second-order valence-corrected chi connectivity index (χ2v) is 5.66. The van der Waals surface area contributed by atoms with Gasteiger partial charge in [0.25, 0.3) is 0 Å². The molecule has 0 aromatic heterocycles. The van der Waals surface area contributed by atoms with Gasteiger partial charge in [-0.2, -0.15) is 0 Å². The molecule has 0 aliphatic carbocycles. The van der Waals surface area contributed by atoms with E-state index in [2.05, 4.69) is 37.4 Å². The Labute approximate surface area is 122 Å². The molecule has 1 aromatic carbocycles. The molecule has 1 fully saturated rings. The van der Waals surface area contributed by atoms with Crippen molar-refractivity contribution in [3.8, 4) is 0 Å². The monoisotopic (exact) mass is 277 g/mol. The molecule has 0 amide bonds. The van der Waals surface area contributed by atoms with Crippen molar-refractivity contribution in [2.75, 3.05) is 26.4 Å². The summed E-state index contributed by atoms with van der Waals surface area (Å²) in [5.74, 6) is 0. The van der Waals surface area contributed by atoms with E-state index >= 15 is 0 Å². The average molecular weight is 277 g/mol. The van der Waals surface area contributed by atoms with Gasteiger partial charge in [-0.1, -0.05) is 18.2 Å². The van der Waals surface area contributed by atoms with E-state index in [0.29, 0.717) is 6.10 Å². The maximum Gasteiger partial charge on any atom is 0.0809 e. The van der Waals surface area contributed by atoms with E-state index in [1.165, 1.54) is 23.1 Å². The topological polar surface area (TPSA) is 30.5 Å². The Bertz CT molecular complexity index is 400. The van der Waals surface area contributed by atoms with E-state index in [0.717, 1.165) is 45.8 Å². The predicted molar refractivity (Wildman–Crippen MR) is 82.0 cm³/mol. The smallest absolute Gasteiger partial charge is 0.0809 e. The third-order valence-electron chi connectivity index (χ3n) is 3.87. The van der Waals surface area contributed by atoms with Crippen LogP contribution in [0.1, 0.15) is 36.0 Å². The molecule has 1 aliphatic heterocycles.